The highest BCUT2D eigenvalue weighted by molar-refractivity contribution is 5.79. The lowest BCUT2D eigenvalue weighted by Crippen LogP contribution is -2.26. The Bertz CT molecular complexity index is 684. The van der Waals surface area contributed by atoms with E-state index in [2.05, 4.69) is 18.2 Å². The van der Waals surface area contributed by atoms with Crippen LogP contribution in [0.15, 0.2) is 36.4 Å². The molecule has 28 heavy (non-hydrogen) atoms. The number of hydrogen-bond acceptors (Lipinski definition) is 2. The van der Waals surface area contributed by atoms with E-state index in [0.29, 0.717) is 5.92 Å². The molecule has 1 aromatic rings. The van der Waals surface area contributed by atoms with Crippen LogP contribution in [0.25, 0.3) is 0 Å². The average molecular weight is 380 g/mol. The van der Waals surface area contributed by atoms with Gasteiger partial charge >= 0.3 is 5.97 Å². The molecule has 2 aliphatic carbocycles. The monoisotopic (exact) mass is 379 g/mol. The Balaban J connectivity index is 1.34. The van der Waals surface area contributed by atoms with E-state index in [4.69, 9.17) is 10.4 Å². The third-order valence-corrected chi connectivity index (χ3v) is 7.10. The Morgan fingerprint density at radius 2 is 1.54 bits per heavy atom. The van der Waals surface area contributed by atoms with Crippen molar-refractivity contribution in [1.82, 2.24) is 0 Å². The van der Waals surface area contributed by atoms with Gasteiger partial charge in [0.15, 0.2) is 0 Å². The van der Waals surface area contributed by atoms with Gasteiger partial charge in [-0.1, -0.05) is 31.1 Å². The van der Waals surface area contributed by atoms with Crippen molar-refractivity contribution in [3.8, 4) is 6.07 Å². The minimum Gasteiger partial charge on any atom is -0.478 e. The predicted molar refractivity (Wildman–Crippen MR) is 112 cm³/mol. The summed E-state index contributed by atoms with van der Waals surface area (Å²) in [6, 6.07) is 10.3. The molecule has 0 unspecified atom stereocenters. The Morgan fingerprint density at radius 3 is 2.07 bits per heavy atom. The lowest BCUT2D eigenvalue weighted by atomic mass is 9.68. The number of carbonyl (C=O) groups is 1. The smallest absolute Gasteiger partial charge is 0.327 e. The van der Waals surface area contributed by atoms with Gasteiger partial charge in [0.05, 0.1) is 11.6 Å². The summed E-state index contributed by atoms with van der Waals surface area (Å²) in [4.78, 5) is 10.6. The van der Waals surface area contributed by atoms with Crippen molar-refractivity contribution < 1.29 is 9.90 Å². The number of allylic oxidation sites excluding steroid dienone is 1. The number of carboxylic acids is 1. The molecule has 2 aliphatic rings. The minimum atomic E-state index is -0.829. The summed E-state index contributed by atoms with van der Waals surface area (Å²) in [5.74, 6) is 2.55. The number of aliphatic carboxylic acids is 1. The molecule has 0 bridgehead atoms. The van der Waals surface area contributed by atoms with Crippen LogP contribution >= 0.6 is 0 Å². The van der Waals surface area contributed by atoms with Gasteiger partial charge in [0.1, 0.15) is 0 Å². The first-order valence-corrected chi connectivity index (χ1v) is 11.0. The largest absolute Gasteiger partial charge is 0.478 e. The van der Waals surface area contributed by atoms with E-state index in [9.17, 15) is 4.79 Å². The molecular formula is C25H33NO2. The number of aryl methyl sites for hydroxylation is 1. The van der Waals surface area contributed by atoms with Gasteiger partial charge in [-0.05, 0) is 99.2 Å². The van der Waals surface area contributed by atoms with Gasteiger partial charge in [-0.25, -0.2) is 4.79 Å². The van der Waals surface area contributed by atoms with Crippen molar-refractivity contribution >= 4 is 5.97 Å². The van der Waals surface area contributed by atoms with Crippen molar-refractivity contribution in [2.24, 2.45) is 23.7 Å². The molecule has 0 atom stereocenters. The van der Waals surface area contributed by atoms with Gasteiger partial charge < -0.3 is 5.11 Å². The Morgan fingerprint density at radius 1 is 0.964 bits per heavy atom. The molecule has 0 radical (unpaired) electrons. The van der Waals surface area contributed by atoms with Crippen LogP contribution in [0.3, 0.4) is 0 Å². The zero-order valence-corrected chi connectivity index (χ0v) is 16.9. The van der Waals surface area contributed by atoms with Gasteiger partial charge in [0.25, 0.3) is 0 Å². The first kappa shape index (κ1) is 20.6. The fraction of sp³-hybridized carbons (Fsp3) is 0.600. The van der Waals surface area contributed by atoms with Crippen LogP contribution in [-0.2, 0) is 11.2 Å². The molecule has 1 aromatic carbocycles. The molecule has 0 saturated heterocycles. The second-order valence-corrected chi connectivity index (χ2v) is 8.89. The third kappa shape index (κ3) is 6.23. The number of nitrogens with zero attached hydrogens (tertiary/aromatic N) is 1. The van der Waals surface area contributed by atoms with Crippen LogP contribution in [-0.4, -0.2) is 11.1 Å². The average Bonchev–Trinajstić information content (AvgIpc) is 2.73. The van der Waals surface area contributed by atoms with Crippen LogP contribution < -0.4 is 0 Å². The maximum atomic E-state index is 10.6. The molecule has 2 fully saturated rings. The molecule has 3 rings (SSSR count). The van der Waals surface area contributed by atoms with E-state index >= 15 is 0 Å². The zero-order chi connectivity index (χ0) is 19.8. The molecular weight excluding hydrogens is 346 g/mol. The van der Waals surface area contributed by atoms with E-state index in [1.807, 2.05) is 18.2 Å². The summed E-state index contributed by atoms with van der Waals surface area (Å²) in [6.45, 7) is 0. The second-order valence-electron chi connectivity index (χ2n) is 8.89. The first-order valence-electron chi connectivity index (χ1n) is 11.0. The number of hydrogen-bond donors (Lipinski definition) is 1. The SMILES string of the molecule is N#Cc1ccc(CC[C@H]2CC[C@H]([C@H]3CC[C@H](C/C=C/C(=O)O)CC3)CC2)cc1. The van der Waals surface area contributed by atoms with Crippen molar-refractivity contribution in [1.29, 1.82) is 5.26 Å². The van der Waals surface area contributed by atoms with E-state index in [0.717, 1.165) is 36.2 Å². The first-order chi connectivity index (χ1) is 13.6. The van der Waals surface area contributed by atoms with Gasteiger partial charge in [-0.3, -0.25) is 0 Å². The molecule has 0 spiro atoms. The number of benzene rings is 1. The van der Waals surface area contributed by atoms with Crippen molar-refractivity contribution in [2.75, 3.05) is 0 Å². The van der Waals surface area contributed by atoms with Crippen LogP contribution in [0.5, 0.6) is 0 Å². The summed E-state index contributed by atoms with van der Waals surface area (Å²) in [5.41, 5.74) is 2.10. The fourth-order valence-corrected chi connectivity index (χ4v) is 5.32. The number of rotatable bonds is 7. The summed E-state index contributed by atoms with van der Waals surface area (Å²) >= 11 is 0. The van der Waals surface area contributed by atoms with Gasteiger partial charge in [0.2, 0.25) is 0 Å². The molecule has 150 valence electrons. The van der Waals surface area contributed by atoms with E-state index in [-0.39, 0.29) is 0 Å². The summed E-state index contributed by atoms with van der Waals surface area (Å²) in [7, 11) is 0. The summed E-state index contributed by atoms with van der Waals surface area (Å²) in [6.07, 6.45) is 17.2. The maximum absolute atomic E-state index is 10.6. The van der Waals surface area contributed by atoms with Crippen molar-refractivity contribution in [3.63, 3.8) is 0 Å². The minimum absolute atomic E-state index is 0.690. The van der Waals surface area contributed by atoms with E-state index < -0.39 is 5.97 Å². The quantitative estimate of drug-likeness (QED) is 0.579. The lowest BCUT2D eigenvalue weighted by molar-refractivity contribution is -0.131. The molecule has 0 aliphatic heterocycles. The highest BCUT2D eigenvalue weighted by atomic mass is 16.4. The van der Waals surface area contributed by atoms with Crippen molar-refractivity contribution in [3.05, 3.63) is 47.5 Å². The molecule has 2 saturated carbocycles. The Labute approximate surface area is 169 Å². The molecule has 1 N–H and O–H groups in total. The number of carboxylic acid groups (broad SMARTS) is 1. The number of nitriles is 1. The lowest BCUT2D eigenvalue weighted by Gasteiger charge is -2.37. The highest BCUT2D eigenvalue weighted by Crippen LogP contribution is 2.42. The van der Waals surface area contributed by atoms with Crippen LogP contribution in [0.1, 0.15) is 75.3 Å². The van der Waals surface area contributed by atoms with Crippen LogP contribution in [0.4, 0.5) is 0 Å². The maximum Gasteiger partial charge on any atom is 0.327 e. The molecule has 0 amide bonds. The van der Waals surface area contributed by atoms with Gasteiger partial charge in [-0.15, -0.1) is 0 Å². The van der Waals surface area contributed by atoms with Crippen LogP contribution in [0, 0.1) is 35.0 Å². The molecule has 3 nitrogen and oxygen atoms in total. The second kappa shape index (κ2) is 10.5. The molecule has 3 heteroatoms. The third-order valence-electron chi connectivity index (χ3n) is 7.10. The standard InChI is InChI=1S/C25H33NO2/c26-18-22-8-6-20(7-9-22)4-5-21-12-16-24(17-13-21)23-14-10-19(11-15-23)2-1-3-25(27)28/h1,3,6-9,19,21,23-24H,2,4-5,10-17H2,(H,27,28)/b3-1+/t19-,21-,23-,24-. The summed E-state index contributed by atoms with van der Waals surface area (Å²) < 4.78 is 0. The van der Waals surface area contributed by atoms with Gasteiger partial charge in [0, 0.05) is 6.08 Å². The van der Waals surface area contributed by atoms with E-state index in [1.54, 1.807) is 0 Å². The summed E-state index contributed by atoms with van der Waals surface area (Å²) in [5, 5.41) is 17.6. The molecule has 0 heterocycles. The predicted octanol–water partition coefficient (Wildman–Crippen LogP) is 6.13. The Kier molecular flexibility index (Phi) is 7.71. The Hall–Kier alpha value is -2.08. The van der Waals surface area contributed by atoms with Crippen molar-refractivity contribution in [2.45, 2.75) is 70.6 Å². The zero-order valence-electron chi connectivity index (χ0n) is 16.9. The van der Waals surface area contributed by atoms with Crippen LogP contribution in [0.2, 0.25) is 0 Å². The van der Waals surface area contributed by atoms with Gasteiger partial charge in [-0.2, -0.15) is 5.26 Å². The van der Waals surface area contributed by atoms with E-state index in [1.165, 1.54) is 69.4 Å². The normalized spacial score (nSPS) is 28.1. The molecule has 0 aromatic heterocycles. The topological polar surface area (TPSA) is 61.1 Å². The highest BCUT2D eigenvalue weighted by Gasteiger charge is 2.30. The fourth-order valence-electron chi connectivity index (χ4n) is 5.32.